The lowest BCUT2D eigenvalue weighted by Crippen LogP contribution is -2.10. The summed E-state index contributed by atoms with van der Waals surface area (Å²) in [5, 5.41) is 0. The van der Waals surface area contributed by atoms with Crippen LogP contribution < -0.4 is 19.3 Å². The zero-order valence-electron chi connectivity index (χ0n) is 38.7. The van der Waals surface area contributed by atoms with Gasteiger partial charge in [-0.1, -0.05) is 145 Å². The molecule has 0 heterocycles. The predicted octanol–water partition coefficient (Wildman–Crippen LogP) is 16.4. The van der Waals surface area contributed by atoms with Crippen LogP contribution >= 0.6 is 0 Å². The first kappa shape index (κ1) is 44.5. The Labute approximate surface area is 400 Å². The van der Waals surface area contributed by atoms with E-state index in [-0.39, 0.29) is 5.97 Å². The van der Waals surface area contributed by atoms with Crippen molar-refractivity contribution in [2.45, 2.75) is 20.8 Å². The standard InChI is InChI=1S/C63H52N2O3/c1-45-15-23-50(24-16-45)62(43-48-19-31-56(32-20-48)64(54-11-7-5-8-12-54)58-35-39-60(67-4)40-36-58)52-27-29-53(30-28-52)63(51-25-17-46(2)18-26-51)44-49-21-33-57(34-22-49)65(55-13-9-6-10-14-55)59-37-41-61(42-38-59)68-47(3)66/h5-44H,1-4H3. The largest absolute Gasteiger partial charge is 0.497 e. The molecule has 9 aromatic rings. The number of carbonyl (C=O) groups excluding carboxylic acids is 1. The van der Waals surface area contributed by atoms with Gasteiger partial charge in [-0.3, -0.25) is 4.79 Å². The first-order valence-corrected chi connectivity index (χ1v) is 22.8. The Bertz CT molecular complexity index is 3140. The molecule has 0 atom stereocenters. The van der Waals surface area contributed by atoms with E-state index >= 15 is 0 Å². The summed E-state index contributed by atoms with van der Waals surface area (Å²) in [6.45, 7) is 5.66. The second-order valence-electron chi connectivity index (χ2n) is 16.7. The van der Waals surface area contributed by atoms with Crippen molar-refractivity contribution in [2.24, 2.45) is 0 Å². The summed E-state index contributed by atoms with van der Waals surface area (Å²) in [7, 11) is 1.69. The Kier molecular flexibility index (Phi) is 13.5. The SMILES string of the molecule is COc1ccc(N(c2ccccc2)c2ccc(C=C(c3ccc(C)cc3)c3ccc(C(=Cc4ccc(N(c5ccccc5)c5ccc(OC(C)=O)cc5)cc4)c4ccc(C)cc4)cc3)cc2)cc1. The fourth-order valence-corrected chi connectivity index (χ4v) is 8.34. The molecule has 0 radical (unpaired) electrons. The van der Waals surface area contributed by atoms with Gasteiger partial charge in [0.1, 0.15) is 11.5 Å². The van der Waals surface area contributed by atoms with Crippen LogP contribution in [0.5, 0.6) is 11.5 Å². The van der Waals surface area contributed by atoms with Crippen LogP contribution in [0.2, 0.25) is 0 Å². The van der Waals surface area contributed by atoms with E-state index in [4.69, 9.17) is 9.47 Å². The number of carbonyl (C=O) groups is 1. The Morgan fingerprint density at radius 2 is 0.662 bits per heavy atom. The molecular weight excluding hydrogens is 833 g/mol. The minimum atomic E-state index is -0.345. The summed E-state index contributed by atoms with van der Waals surface area (Å²) in [4.78, 5) is 16.1. The van der Waals surface area contributed by atoms with E-state index in [0.29, 0.717) is 5.75 Å². The number of methoxy groups -OCH3 is 1. The molecule has 0 N–H and O–H groups in total. The highest BCUT2D eigenvalue weighted by Crippen LogP contribution is 2.38. The molecule has 0 spiro atoms. The van der Waals surface area contributed by atoms with Gasteiger partial charge in [-0.25, -0.2) is 0 Å². The van der Waals surface area contributed by atoms with Crippen molar-refractivity contribution in [3.05, 3.63) is 275 Å². The van der Waals surface area contributed by atoms with E-state index in [2.05, 4.69) is 206 Å². The molecule has 0 fully saturated rings. The molecule has 0 aliphatic heterocycles. The van der Waals surface area contributed by atoms with E-state index in [1.807, 2.05) is 60.7 Å². The molecule has 0 amide bonds. The lowest BCUT2D eigenvalue weighted by Gasteiger charge is -2.25. The highest BCUT2D eigenvalue weighted by Gasteiger charge is 2.16. The normalized spacial score (nSPS) is 11.5. The van der Waals surface area contributed by atoms with Crippen molar-refractivity contribution in [1.82, 2.24) is 0 Å². The third-order valence-electron chi connectivity index (χ3n) is 11.9. The molecule has 68 heavy (non-hydrogen) atoms. The van der Waals surface area contributed by atoms with Crippen LogP contribution in [0, 0.1) is 13.8 Å². The van der Waals surface area contributed by atoms with Crippen molar-refractivity contribution in [3.8, 4) is 11.5 Å². The third kappa shape index (κ3) is 10.5. The number of nitrogens with zero attached hydrogens (tertiary/aromatic N) is 2. The van der Waals surface area contributed by atoms with Gasteiger partial charge in [0.2, 0.25) is 0 Å². The highest BCUT2D eigenvalue weighted by atomic mass is 16.5. The molecule has 9 rings (SSSR count). The van der Waals surface area contributed by atoms with E-state index < -0.39 is 0 Å². The van der Waals surface area contributed by atoms with Crippen molar-refractivity contribution in [1.29, 1.82) is 0 Å². The maximum absolute atomic E-state index is 11.6. The molecule has 5 nitrogen and oxygen atoms in total. The van der Waals surface area contributed by atoms with Gasteiger partial charge >= 0.3 is 5.97 Å². The molecule has 332 valence electrons. The van der Waals surface area contributed by atoms with Crippen LogP contribution in [-0.2, 0) is 4.79 Å². The molecule has 9 aromatic carbocycles. The molecule has 0 bridgehead atoms. The average Bonchev–Trinajstić information content (AvgIpc) is 3.38. The summed E-state index contributed by atoms with van der Waals surface area (Å²) in [6, 6.07) is 80.4. The number of hydrogen-bond acceptors (Lipinski definition) is 5. The molecular formula is C63H52N2O3. The second-order valence-corrected chi connectivity index (χ2v) is 16.7. The van der Waals surface area contributed by atoms with Crippen molar-refractivity contribution in [2.75, 3.05) is 16.9 Å². The van der Waals surface area contributed by atoms with Gasteiger partial charge in [0, 0.05) is 41.0 Å². The first-order chi connectivity index (χ1) is 33.3. The number of aryl methyl sites for hydroxylation is 2. The molecule has 0 saturated carbocycles. The van der Waals surface area contributed by atoms with Crippen LogP contribution in [-0.4, -0.2) is 13.1 Å². The van der Waals surface area contributed by atoms with Crippen LogP contribution in [0.4, 0.5) is 34.1 Å². The Hall–Kier alpha value is -8.67. The number of rotatable bonds is 14. The smallest absolute Gasteiger partial charge is 0.308 e. The van der Waals surface area contributed by atoms with Gasteiger partial charge in [-0.05, 0) is 168 Å². The van der Waals surface area contributed by atoms with Gasteiger partial charge in [-0.2, -0.15) is 0 Å². The quantitative estimate of drug-likeness (QED) is 0.0618. The minimum Gasteiger partial charge on any atom is -0.497 e. The molecule has 0 saturated heterocycles. The van der Waals surface area contributed by atoms with Crippen molar-refractivity contribution in [3.63, 3.8) is 0 Å². The lowest BCUT2D eigenvalue weighted by atomic mass is 9.91. The predicted molar refractivity (Wildman–Crippen MR) is 283 cm³/mol. The van der Waals surface area contributed by atoms with Crippen LogP contribution in [0.15, 0.2) is 231 Å². The first-order valence-electron chi connectivity index (χ1n) is 22.8. The van der Waals surface area contributed by atoms with E-state index in [1.54, 1.807) is 7.11 Å². The maximum atomic E-state index is 11.6. The average molecular weight is 885 g/mol. The maximum Gasteiger partial charge on any atom is 0.308 e. The Morgan fingerprint density at radius 3 is 0.985 bits per heavy atom. The zero-order valence-corrected chi connectivity index (χ0v) is 38.7. The van der Waals surface area contributed by atoms with E-state index in [0.717, 1.165) is 84.4 Å². The van der Waals surface area contributed by atoms with Crippen LogP contribution in [0.25, 0.3) is 23.3 Å². The summed E-state index contributed by atoms with van der Waals surface area (Å²) >= 11 is 0. The van der Waals surface area contributed by atoms with Gasteiger partial charge < -0.3 is 19.3 Å². The Morgan fingerprint density at radius 1 is 0.368 bits per heavy atom. The summed E-state index contributed by atoms with van der Waals surface area (Å²) in [6.07, 6.45) is 4.56. The number of hydrogen-bond donors (Lipinski definition) is 0. The van der Waals surface area contributed by atoms with Gasteiger partial charge in [0.05, 0.1) is 7.11 Å². The van der Waals surface area contributed by atoms with E-state index in [1.165, 1.54) is 18.1 Å². The molecule has 0 aromatic heterocycles. The van der Waals surface area contributed by atoms with Gasteiger partial charge in [0.25, 0.3) is 0 Å². The fraction of sp³-hybridized carbons (Fsp3) is 0.0635. The lowest BCUT2D eigenvalue weighted by molar-refractivity contribution is -0.131. The number of ether oxygens (including phenoxy) is 2. The molecule has 5 heteroatoms. The van der Waals surface area contributed by atoms with Crippen LogP contribution in [0.1, 0.15) is 51.4 Å². The number of esters is 1. The van der Waals surface area contributed by atoms with Gasteiger partial charge in [-0.15, -0.1) is 0 Å². The fourth-order valence-electron chi connectivity index (χ4n) is 8.34. The topological polar surface area (TPSA) is 42.0 Å². The summed E-state index contributed by atoms with van der Waals surface area (Å²) < 4.78 is 10.8. The second kappa shape index (κ2) is 20.7. The summed E-state index contributed by atoms with van der Waals surface area (Å²) in [5.74, 6) is 0.987. The number of para-hydroxylation sites is 2. The molecule has 0 aliphatic rings. The van der Waals surface area contributed by atoms with Crippen molar-refractivity contribution >= 4 is 63.4 Å². The monoisotopic (exact) mass is 884 g/mol. The number of anilines is 6. The van der Waals surface area contributed by atoms with E-state index in [9.17, 15) is 4.79 Å². The van der Waals surface area contributed by atoms with Gasteiger partial charge in [0.15, 0.2) is 0 Å². The van der Waals surface area contributed by atoms with Crippen molar-refractivity contribution < 1.29 is 14.3 Å². The summed E-state index contributed by atoms with van der Waals surface area (Å²) in [5.41, 5.74) is 17.6. The highest BCUT2D eigenvalue weighted by molar-refractivity contribution is 5.95. The number of benzene rings is 9. The van der Waals surface area contributed by atoms with Crippen LogP contribution in [0.3, 0.4) is 0 Å². The molecule has 0 aliphatic carbocycles. The molecule has 0 unspecified atom stereocenters. The zero-order chi connectivity index (χ0) is 46.8. The minimum absolute atomic E-state index is 0.345. The third-order valence-corrected chi connectivity index (χ3v) is 11.9. The Balaban J connectivity index is 1.05.